The lowest BCUT2D eigenvalue weighted by atomic mass is 10.1. The summed E-state index contributed by atoms with van der Waals surface area (Å²) >= 11 is 0. The van der Waals surface area contributed by atoms with Gasteiger partial charge in [0.05, 0.1) is 13.2 Å². The Morgan fingerprint density at radius 2 is 1.65 bits per heavy atom. The molecule has 1 aromatic rings. The highest BCUT2D eigenvalue weighted by Gasteiger charge is 2.15. The maximum Gasteiger partial charge on any atom is 0.417 e. The Morgan fingerprint density at radius 3 is 2.24 bits per heavy atom. The van der Waals surface area contributed by atoms with E-state index in [-0.39, 0.29) is 13.2 Å². The van der Waals surface area contributed by atoms with Crippen molar-refractivity contribution >= 4 is 11.9 Å². The molecule has 0 bridgehead atoms. The molecule has 0 aliphatic rings. The van der Waals surface area contributed by atoms with E-state index in [9.17, 15) is 9.59 Å². The Kier molecular flexibility index (Phi) is 5.20. The van der Waals surface area contributed by atoms with Crippen molar-refractivity contribution in [2.45, 2.75) is 20.3 Å². The SMILES string of the molecule is CCOC(=O)C(=O)OCCc1ccc(C)cc1. The van der Waals surface area contributed by atoms with Crippen LogP contribution < -0.4 is 0 Å². The summed E-state index contributed by atoms with van der Waals surface area (Å²) in [5.41, 5.74) is 2.24. The second-order valence-corrected chi connectivity index (χ2v) is 3.59. The number of hydrogen-bond acceptors (Lipinski definition) is 4. The van der Waals surface area contributed by atoms with Crippen LogP contribution in [0.4, 0.5) is 0 Å². The molecule has 0 aromatic heterocycles. The number of benzene rings is 1. The van der Waals surface area contributed by atoms with Crippen molar-refractivity contribution in [1.82, 2.24) is 0 Å². The molecule has 0 radical (unpaired) electrons. The molecular weight excluding hydrogens is 220 g/mol. The van der Waals surface area contributed by atoms with Crippen LogP contribution in [-0.2, 0) is 25.5 Å². The van der Waals surface area contributed by atoms with Crippen LogP contribution in [0.3, 0.4) is 0 Å². The zero-order valence-electron chi connectivity index (χ0n) is 10.1. The Labute approximate surface area is 101 Å². The number of rotatable bonds is 4. The normalized spacial score (nSPS) is 9.76. The van der Waals surface area contributed by atoms with Gasteiger partial charge in [-0.3, -0.25) is 0 Å². The molecule has 0 N–H and O–H groups in total. The Balaban J connectivity index is 2.30. The summed E-state index contributed by atoms with van der Waals surface area (Å²) in [6.45, 7) is 3.99. The largest absolute Gasteiger partial charge is 0.458 e. The van der Waals surface area contributed by atoms with Gasteiger partial charge in [0.25, 0.3) is 0 Å². The lowest BCUT2D eigenvalue weighted by molar-refractivity contribution is -0.167. The molecule has 0 unspecified atom stereocenters. The van der Waals surface area contributed by atoms with E-state index in [2.05, 4.69) is 4.74 Å². The van der Waals surface area contributed by atoms with Gasteiger partial charge in [-0.25, -0.2) is 9.59 Å². The van der Waals surface area contributed by atoms with E-state index in [0.717, 1.165) is 5.56 Å². The summed E-state index contributed by atoms with van der Waals surface area (Å²) in [7, 11) is 0. The van der Waals surface area contributed by atoms with Gasteiger partial charge in [0.1, 0.15) is 0 Å². The van der Waals surface area contributed by atoms with Gasteiger partial charge in [0.15, 0.2) is 0 Å². The fraction of sp³-hybridized carbons (Fsp3) is 0.385. The fourth-order valence-electron chi connectivity index (χ4n) is 1.27. The van der Waals surface area contributed by atoms with E-state index >= 15 is 0 Å². The third-order valence-corrected chi connectivity index (χ3v) is 2.19. The van der Waals surface area contributed by atoms with Gasteiger partial charge in [-0.1, -0.05) is 29.8 Å². The second kappa shape index (κ2) is 6.68. The summed E-state index contributed by atoms with van der Waals surface area (Å²) in [6, 6.07) is 7.91. The molecule has 92 valence electrons. The lowest BCUT2D eigenvalue weighted by Gasteiger charge is -2.04. The number of hydrogen-bond donors (Lipinski definition) is 0. The minimum Gasteiger partial charge on any atom is -0.458 e. The second-order valence-electron chi connectivity index (χ2n) is 3.59. The van der Waals surface area contributed by atoms with Crippen molar-refractivity contribution in [2.24, 2.45) is 0 Å². The molecule has 0 saturated carbocycles. The average Bonchev–Trinajstić information content (AvgIpc) is 2.32. The number of carbonyl (C=O) groups is 2. The monoisotopic (exact) mass is 236 g/mol. The van der Waals surface area contributed by atoms with Gasteiger partial charge in [-0.2, -0.15) is 0 Å². The van der Waals surface area contributed by atoms with Crippen molar-refractivity contribution in [3.63, 3.8) is 0 Å². The van der Waals surface area contributed by atoms with Crippen LogP contribution in [0.25, 0.3) is 0 Å². The zero-order valence-corrected chi connectivity index (χ0v) is 10.1. The van der Waals surface area contributed by atoms with Crippen LogP contribution >= 0.6 is 0 Å². The Morgan fingerprint density at radius 1 is 1.06 bits per heavy atom. The standard InChI is InChI=1S/C13H16O4/c1-3-16-12(14)13(15)17-9-8-11-6-4-10(2)5-7-11/h4-7H,3,8-9H2,1-2H3. The maximum absolute atomic E-state index is 11.1. The van der Waals surface area contributed by atoms with Gasteiger partial charge >= 0.3 is 11.9 Å². The highest BCUT2D eigenvalue weighted by atomic mass is 16.6. The van der Waals surface area contributed by atoms with Crippen LogP contribution in [0.1, 0.15) is 18.1 Å². The molecule has 17 heavy (non-hydrogen) atoms. The summed E-state index contributed by atoms with van der Waals surface area (Å²) < 4.78 is 9.29. The molecule has 0 amide bonds. The van der Waals surface area contributed by atoms with Gasteiger partial charge < -0.3 is 9.47 Å². The predicted molar refractivity (Wildman–Crippen MR) is 62.5 cm³/mol. The summed E-state index contributed by atoms with van der Waals surface area (Å²) in [5.74, 6) is -1.87. The van der Waals surface area contributed by atoms with Gasteiger partial charge in [-0.15, -0.1) is 0 Å². The van der Waals surface area contributed by atoms with Crippen LogP contribution in [0.5, 0.6) is 0 Å². The molecule has 0 atom stereocenters. The summed E-state index contributed by atoms with van der Waals surface area (Å²) in [5, 5.41) is 0. The van der Waals surface area contributed by atoms with Crippen LogP contribution in [-0.4, -0.2) is 25.2 Å². The van der Waals surface area contributed by atoms with E-state index in [1.807, 2.05) is 31.2 Å². The van der Waals surface area contributed by atoms with E-state index in [4.69, 9.17) is 4.74 Å². The molecular formula is C13H16O4. The van der Waals surface area contributed by atoms with Crippen LogP contribution in [0, 0.1) is 6.92 Å². The van der Waals surface area contributed by atoms with Gasteiger partial charge in [0, 0.05) is 6.42 Å². The van der Waals surface area contributed by atoms with E-state index in [0.29, 0.717) is 6.42 Å². The van der Waals surface area contributed by atoms with Crippen LogP contribution in [0.2, 0.25) is 0 Å². The molecule has 0 spiro atoms. The van der Waals surface area contributed by atoms with Crippen LogP contribution in [0.15, 0.2) is 24.3 Å². The third kappa shape index (κ3) is 4.68. The fourth-order valence-corrected chi connectivity index (χ4v) is 1.27. The summed E-state index contributed by atoms with van der Waals surface area (Å²) in [4.78, 5) is 22.0. The highest BCUT2D eigenvalue weighted by Crippen LogP contribution is 2.04. The van der Waals surface area contributed by atoms with E-state index < -0.39 is 11.9 Å². The molecule has 1 rings (SSSR count). The summed E-state index contributed by atoms with van der Waals surface area (Å²) in [6.07, 6.45) is 0.589. The van der Waals surface area contributed by atoms with Crippen molar-refractivity contribution in [3.8, 4) is 0 Å². The maximum atomic E-state index is 11.1. The minimum atomic E-state index is -0.934. The Hall–Kier alpha value is -1.84. The quantitative estimate of drug-likeness (QED) is 0.589. The lowest BCUT2D eigenvalue weighted by Crippen LogP contribution is -2.21. The molecule has 1 aromatic carbocycles. The van der Waals surface area contributed by atoms with Crippen molar-refractivity contribution in [2.75, 3.05) is 13.2 Å². The predicted octanol–water partition coefficient (Wildman–Crippen LogP) is 1.64. The molecule has 0 aliphatic carbocycles. The number of carbonyl (C=O) groups excluding carboxylic acids is 2. The number of ether oxygens (including phenoxy) is 2. The highest BCUT2D eigenvalue weighted by molar-refractivity contribution is 6.29. The van der Waals surface area contributed by atoms with Crippen molar-refractivity contribution in [3.05, 3.63) is 35.4 Å². The van der Waals surface area contributed by atoms with Gasteiger partial charge in [0.2, 0.25) is 0 Å². The number of esters is 2. The zero-order chi connectivity index (χ0) is 12.7. The topological polar surface area (TPSA) is 52.6 Å². The molecule has 4 heteroatoms. The molecule has 4 nitrogen and oxygen atoms in total. The van der Waals surface area contributed by atoms with E-state index in [1.54, 1.807) is 6.92 Å². The smallest absolute Gasteiger partial charge is 0.417 e. The molecule has 0 saturated heterocycles. The first kappa shape index (κ1) is 13.2. The molecule has 0 fully saturated rings. The third-order valence-electron chi connectivity index (χ3n) is 2.19. The Bertz CT molecular complexity index is 381. The minimum absolute atomic E-state index is 0.173. The van der Waals surface area contributed by atoms with Crippen molar-refractivity contribution in [1.29, 1.82) is 0 Å². The van der Waals surface area contributed by atoms with E-state index in [1.165, 1.54) is 5.56 Å². The van der Waals surface area contributed by atoms with Gasteiger partial charge in [-0.05, 0) is 19.4 Å². The number of aryl methyl sites for hydroxylation is 1. The first-order valence-corrected chi connectivity index (χ1v) is 5.53. The van der Waals surface area contributed by atoms with Crippen molar-refractivity contribution < 1.29 is 19.1 Å². The first-order valence-electron chi connectivity index (χ1n) is 5.53. The molecule has 0 heterocycles. The average molecular weight is 236 g/mol. The first-order chi connectivity index (χ1) is 8.13. The molecule has 0 aliphatic heterocycles.